The van der Waals surface area contributed by atoms with Crippen LogP contribution >= 0.6 is 0 Å². The molecular formula is C14H20FNO2. The SMILES string of the molecule is COCc1cc(F)cc(OC)c1C1(C)CCCN1. The van der Waals surface area contributed by atoms with Crippen LogP contribution in [0.2, 0.25) is 0 Å². The molecule has 0 aromatic heterocycles. The largest absolute Gasteiger partial charge is 0.496 e. The van der Waals surface area contributed by atoms with E-state index in [1.807, 2.05) is 0 Å². The van der Waals surface area contributed by atoms with Gasteiger partial charge in [-0.15, -0.1) is 0 Å². The number of hydrogen-bond acceptors (Lipinski definition) is 3. The molecule has 1 unspecified atom stereocenters. The zero-order chi connectivity index (χ0) is 13.2. The van der Waals surface area contributed by atoms with Crippen LogP contribution in [0, 0.1) is 5.82 Å². The van der Waals surface area contributed by atoms with Crippen LogP contribution < -0.4 is 10.1 Å². The Morgan fingerprint density at radius 3 is 2.72 bits per heavy atom. The van der Waals surface area contributed by atoms with Gasteiger partial charge in [-0.1, -0.05) is 0 Å². The quantitative estimate of drug-likeness (QED) is 0.894. The second-order valence-electron chi connectivity index (χ2n) is 4.94. The first-order valence-corrected chi connectivity index (χ1v) is 6.21. The monoisotopic (exact) mass is 253 g/mol. The fourth-order valence-electron chi connectivity index (χ4n) is 2.80. The summed E-state index contributed by atoms with van der Waals surface area (Å²) in [6.07, 6.45) is 2.13. The highest BCUT2D eigenvalue weighted by atomic mass is 19.1. The summed E-state index contributed by atoms with van der Waals surface area (Å²) in [5.74, 6) is 0.309. The van der Waals surface area contributed by atoms with Crippen LogP contribution in [0.25, 0.3) is 0 Å². The van der Waals surface area contributed by atoms with Gasteiger partial charge in [-0.2, -0.15) is 0 Å². The predicted molar refractivity (Wildman–Crippen MR) is 68.3 cm³/mol. The number of rotatable bonds is 4. The third kappa shape index (κ3) is 2.35. The predicted octanol–water partition coefficient (Wildman–Crippen LogP) is 2.58. The first kappa shape index (κ1) is 13.3. The molecule has 18 heavy (non-hydrogen) atoms. The smallest absolute Gasteiger partial charge is 0.127 e. The third-order valence-electron chi connectivity index (χ3n) is 3.59. The molecule has 1 atom stereocenters. The molecule has 0 aliphatic carbocycles. The minimum atomic E-state index is -0.288. The number of methoxy groups -OCH3 is 2. The summed E-state index contributed by atoms with van der Waals surface area (Å²) in [5.41, 5.74) is 1.71. The van der Waals surface area contributed by atoms with Gasteiger partial charge in [0.2, 0.25) is 0 Å². The van der Waals surface area contributed by atoms with E-state index < -0.39 is 0 Å². The van der Waals surface area contributed by atoms with Crippen LogP contribution in [0.5, 0.6) is 5.75 Å². The van der Waals surface area contributed by atoms with Gasteiger partial charge >= 0.3 is 0 Å². The zero-order valence-electron chi connectivity index (χ0n) is 11.2. The Balaban J connectivity index is 2.54. The first-order valence-electron chi connectivity index (χ1n) is 6.21. The second kappa shape index (κ2) is 5.24. The molecule has 1 saturated heterocycles. The van der Waals surface area contributed by atoms with Crippen LogP contribution in [0.1, 0.15) is 30.9 Å². The van der Waals surface area contributed by atoms with Crippen molar-refractivity contribution in [3.05, 3.63) is 29.1 Å². The van der Waals surface area contributed by atoms with E-state index in [4.69, 9.17) is 9.47 Å². The molecule has 1 aliphatic heterocycles. The van der Waals surface area contributed by atoms with Crippen LogP contribution in [-0.2, 0) is 16.9 Å². The third-order valence-corrected chi connectivity index (χ3v) is 3.59. The summed E-state index contributed by atoms with van der Waals surface area (Å²) in [5, 5.41) is 3.48. The molecule has 0 spiro atoms. The molecule has 1 aromatic rings. The molecular weight excluding hydrogens is 233 g/mol. The second-order valence-corrected chi connectivity index (χ2v) is 4.94. The number of hydrogen-bond donors (Lipinski definition) is 1. The molecule has 0 radical (unpaired) electrons. The van der Waals surface area contributed by atoms with Crippen molar-refractivity contribution >= 4 is 0 Å². The normalized spacial score (nSPS) is 23.3. The lowest BCUT2D eigenvalue weighted by Crippen LogP contribution is -2.34. The van der Waals surface area contributed by atoms with Crippen molar-refractivity contribution in [3.63, 3.8) is 0 Å². The summed E-state index contributed by atoms with van der Waals surface area (Å²) >= 11 is 0. The molecule has 0 amide bonds. The Morgan fingerprint density at radius 1 is 1.39 bits per heavy atom. The van der Waals surface area contributed by atoms with Gasteiger partial charge in [0, 0.05) is 24.3 Å². The van der Waals surface area contributed by atoms with Crippen molar-refractivity contribution in [2.75, 3.05) is 20.8 Å². The van der Waals surface area contributed by atoms with E-state index in [1.54, 1.807) is 14.2 Å². The molecule has 1 N–H and O–H groups in total. The summed E-state index contributed by atoms with van der Waals surface area (Å²) in [6.45, 7) is 3.50. The Morgan fingerprint density at radius 2 is 2.17 bits per heavy atom. The number of halogens is 1. The Bertz CT molecular complexity index is 428. The van der Waals surface area contributed by atoms with Crippen molar-refractivity contribution in [1.82, 2.24) is 5.32 Å². The molecule has 3 nitrogen and oxygen atoms in total. The Hall–Kier alpha value is -1.13. The molecule has 1 aliphatic rings. The van der Waals surface area contributed by atoms with Gasteiger partial charge in [-0.05, 0) is 37.9 Å². The molecule has 0 saturated carbocycles. The van der Waals surface area contributed by atoms with Crippen molar-refractivity contribution < 1.29 is 13.9 Å². The molecule has 1 fully saturated rings. The lowest BCUT2D eigenvalue weighted by atomic mass is 9.86. The van der Waals surface area contributed by atoms with Gasteiger partial charge in [0.15, 0.2) is 0 Å². The standard InChI is InChI=1S/C14H20FNO2/c1-14(5-4-6-16-14)13-10(9-17-2)7-11(15)8-12(13)18-3/h7-8,16H,4-6,9H2,1-3H3. The van der Waals surface area contributed by atoms with E-state index in [1.165, 1.54) is 12.1 Å². The van der Waals surface area contributed by atoms with E-state index in [2.05, 4.69) is 12.2 Å². The molecule has 1 aromatic carbocycles. The molecule has 0 bridgehead atoms. The lowest BCUT2D eigenvalue weighted by molar-refractivity contribution is 0.181. The van der Waals surface area contributed by atoms with Crippen molar-refractivity contribution in [2.45, 2.75) is 31.9 Å². The number of nitrogens with one attached hydrogen (secondary N) is 1. The van der Waals surface area contributed by atoms with E-state index in [-0.39, 0.29) is 11.4 Å². The minimum Gasteiger partial charge on any atom is -0.496 e. The average Bonchev–Trinajstić information content (AvgIpc) is 2.76. The maximum atomic E-state index is 13.6. The van der Waals surface area contributed by atoms with Crippen molar-refractivity contribution in [3.8, 4) is 5.75 Å². The number of ether oxygens (including phenoxy) is 2. The fraction of sp³-hybridized carbons (Fsp3) is 0.571. The van der Waals surface area contributed by atoms with Gasteiger partial charge in [0.1, 0.15) is 11.6 Å². The topological polar surface area (TPSA) is 30.5 Å². The molecule has 1 heterocycles. The van der Waals surface area contributed by atoms with Crippen molar-refractivity contribution in [2.24, 2.45) is 0 Å². The van der Waals surface area contributed by atoms with Gasteiger partial charge in [0.05, 0.1) is 13.7 Å². The van der Waals surface area contributed by atoms with Crippen LogP contribution in [0.15, 0.2) is 12.1 Å². The van der Waals surface area contributed by atoms with Crippen LogP contribution in [0.4, 0.5) is 4.39 Å². The van der Waals surface area contributed by atoms with E-state index in [0.29, 0.717) is 12.4 Å². The maximum absolute atomic E-state index is 13.6. The van der Waals surface area contributed by atoms with E-state index in [9.17, 15) is 4.39 Å². The van der Waals surface area contributed by atoms with Crippen molar-refractivity contribution in [1.29, 1.82) is 0 Å². The van der Waals surface area contributed by atoms with E-state index >= 15 is 0 Å². The highest BCUT2D eigenvalue weighted by Gasteiger charge is 2.35. The highest BCUT2D eigenvalue weighted by Crippen LogP contribution is 2.39. The van der Waals surface area contributed by atoms with Gasteiger partial charge < -0.3 is 14.8 Å². The average molecular weight is 253 g/mol. The van der Waals surface area contributed by atoms with Gasteiger partial charge in [-0.3, -0.25) is 0 Å². The van der Waals surface area contributed by atoms with Gasteiger partial charge in [-0.25, -0.2) is 4.39 Å². The van der Waals surface area contributed by atoms with Gasteiger partial charge in [0.25, 0.3) is 0 Å². The summed E-state index contributed by atoms with van der Waals surface area (Å²) in [7, 11) is 3.19. The first-order chi connectivity index (χ1) is 8.60. The van der Waals surface area contributed by atoms with E-state index in [0.717, 1.165) is 30.5 Å². The molecule has 4 heteroatoms. The molecule has 100 valence electrons. The summed E-state index contributed by atoms with van der Waals surface area (Å²) in [6, 6.07) is 2.98. The maximum Gasteiger partial charge on any atom is 0.127 e. The zero-order valence-corrected chi connectivity index (χ0v) is 11.2. The Kier molecular flexibility index (Phi) is 3.88. The summed E-state index contributed by atoms with van der Waals surface area (Å²) < 4.78 is 24.1. The summed E-state index contributed by atoms with van der Waals surface area (Å²) in [4.78, 5) is 0. The lowest BCUT2D eigenvalue weighted by Gasteiger charge is -2.29. The highest BCUT2D eigenvalue weighted by molar-refractivity contribution is 5.46. The van der Waals surface area contributed by atoms with Crippen LogP contribution in [-0.4, -0.2) is 20.8 Å². The Labute approximate surface area is 107 Å². The molecule has 2 rings (SSSR count). The van der Waals surface area contributed by atoms with Crippen LogP contribution in [0.3, 0.4) is 0 Å². The fourth-order valence-corrected chi connectivity index (χ4v) is 2.80. The number of benzene rings is 1. The minimum absolute atomic E-state index is 0.160.